The molecule has 0 aromatic heterocycles. The molecule has 1 aromatic rings. The molecule has 0 aliphatic carbocycles. The van der Waals surface area contributed by atoms with E-state index in [1.165, 1.54) is 17.8 Å². The van der Waals surface area contributed by atoms with Gasteiger partial charge in [0.15, 0.2) is 0 Å². The normalized spacial score (nSPS) is 17.3. The van der Waals surface area contributed by atoms with Gasteiger partial charge in [0, 0.05) is 29.8 Å². The van der Waals surface area contributed by atoms with Crippen molar-refractivity contribution in [2.45, 2.75) is 30.7 Å². The molecule has 2 N–H and O–H groups in total. The molecule has 0 spiro atoms. The molecule has 6 heteroatoms. The summed E-state index contributed by atoms with van der Waals surface area (Å²) in [6.07, 6.45) is 3.73. The number of thioether (sulfide) groups is 1. The highest BCUT2D eigenvalue weighted by Crippen LogP contribution is 2.22. The second-order valence-corrected chi connectivity index (χ2v) is 6.03. The van der Waals surface area contributed by atoms with Crippen LogP contribution < -0.4 is 10.6 Å². The van der Waals surface area contributed by atoms with Crippen LogP contribution in [0.3, 0.4) is 0 Å². The summed E-state index contributed by atoms with van der Waals surface area (Å²) < 4.78 is 19.0. The molecule has 2 rings (SSSR count). The van der Waals surface area contributed by atoms with Crippen molar-refractivity contribution in [3.8, 4) is 0 Å². The molecule has 1 saturated heterocycles. The lowest BCUT2D eigenvalue weighted by molar-refractivity contribution is 0.0573. The molecule has 0 radical (unpaired) electrons. The van der Waals surface area contributed by atoms with Crippen LogP contribution in [0.4, 0.5) is 14.9 Å². The maximum absolute atomic E-state index is 13.6. The molecule has 0 unspecified atom stereocenters. The minimum atomic E-state index is -0.322. The van der Waals surface area contributed by atoms with Crippen molar-refractivity contribution < 1.29 is 13.9 Å². The van der Waals surface area contributed by atoms with Gasteiger partial charge in [-0.25, -0.2) is 9.18 Å². The summed E-state index contributed by atoms with van der Waals surface area (Å²) in [4.78, 5) is 12.5. The van der Waals surface area contributed by atoms with E-state index in [0.29, 0.717) is 16.5 Å². The lowest BCUT2D eigenvalue weighted by Crippen LogP contribution is -2.42. The average molecular weight is 312 g/mol. The molecule has 1 aliphatic rings. The number of carbonyl (C=O) groups is 1. The Labute approximate surface area is 128 Å². The number of anilines is 1. The number of carbonyl (C=O) groups excluding carboxylic acids is 1. The number of ether oxygens (including phenoxy) is 1. The highest BCUT2D eigenvalue weighted by atomic mass is 32.2. The third-order valence-corrected chi connectivity index (χ3v) is 4.51. The van der Waals surface area contributed by atoms with Crippen molar-refractivity contribution in [1.29, 1.82) is 0 Å². The molecule has 0 bridgehead atoms. The standard InChI is InChI=1S/C15H21FN2O2S/c1-10(11-5-7-20-8-6-11)17-15(19)18-12-3-4-14(21-2)13(16)9-12/h3-4,9-11H,5-8H2,1-2H3,(H2,17,18,19)/t10-/m0/s1. The fourth-order valence-electron chi connectivity index (χ4n) is 2.45. The first-order chi connectivity index (χ1) is 10.1. The van der Waals surface area contributed by atoms with E-state index in [9.17, 15) is 9.18 Å². The maximum Gasteiger partial charge on any atom is 0.319 e. The summed E-state index contributed by atoms with van der Waals surface area (Å²) in [7, 11) is 0. The number of hydrogen-bond donors (Lipinski definition) is 2. The lowest BCUT2D eigenvalue weighted by Gasteiger charge is -2.28. The zero-order valence-corrected chi connectivity index (χ0v) is 13.1. The van der Waals surface area contributed by atoms with Crippen molar-refractivity contribution in [2.75, 3.05) is 24.8 Å². The van der Waals surface area contributed by atoms with Gasteiger partial charge < -0.3 is 15.4 Å². The summed E-state index contributed by atoms with van der Waals surface area (Å²) >= 11 is 1.34. The predicted molar refractivity (Wildman–Crippen MR) is 83.3 cm³/mol. The van der Waals surface area contributed by atoms with Crippen molar-refractivity contribution in [3.05, 3.63) is 24.0 Å². The minimum Gasteiger partial charge on any atom is -0.381 e. The predicted octanol–water partition coefficient (Wildman–Crippen LogP) is 3.48. The van der Waals surface area contributed by atoms with E-state index < -0.39 is 0 Å². The summed E-state index contributed by atoms with van der Waals surface area (Å²) in [5.41, 5.74) is 0.460. The monoisotopic (exact) mass is 312 g/mol. The quantitative estimate of drug-likeness (QED) is 0.837. The molecule has 1 aromatic carbocycles. The number of amides is 2. The molecule has 1 heterocycles. The van der Waals surface area contributed by atoms with Gasteiger partial charge in [0.25, 0.3) is 0 Å². The molecule has 116 valence electrons. The van der Waals surface area contributed by atoms with Gasteiger partial charge in [-0.3, -0.25) is 0 Å². The second kappa shape index (κ2) is 7.66. The molecular formula is C15H21FN2O2S. The highest BCUT2D eigenvalue weighted by Gasteiger charge is 2.21. The van der Waals surface area contributed by atoms with Crippen molar-refractivity contribution >= 4 is 23.5 Å². The summed E-state index contributed by atoms with van der Waals surface area (Å²) in [5.74, 6) is 0.109. The van der Waals surface area contributed by atoms with Crippen LogP contribution in [-0.2, 0) is 4.74 Å². The Morgan fingerprint density at radius 1 is 1.43 bits per heavy atom. The topological polar surface area (TPSA) is 50.4 Å². The zero-order valence-electron chi connectivity index (χ0n) is 12.3. The lowest BCUT2D eigenvalue weighted by atomic mass is 9.93. The molecule has 4 nitrogen and oxygen atoms in total. The number of hydrogen-bond acceptors (Lipinski definition) is 3. The van der Waals surface area contributed by atoms with Gasteiger partial charge >= 0.3 is 6.03 Å². The van der Waals surface area contributed by atoms with E-state index >= 15 is 0 Å². The van der Waals surface area contributed by atoms with E-state index in [4.69, 9.17) is 4.74 Å². The number of halogens is 1. The Morgan fingerprint density at radius 2 is 2.14 bits per heavy atom. The molecule has 0 saturated carbocycles. The van der Waals surface area contributed by atoms with E-state index in [2.05, 4.69) is 10.6 Å². The van der Waals surface area contributed by atoms with Crippen LogP contribution in [0.5, 0.6) is 0 Å². The zero-order chi connectivity index (χ0) is 15.2. The van der Waals surface area contributed by atoms with Gasteiger partial charge in [-0.2, -0.15) is 0 Å². The SMILES string of the molecule is CSc1ccc(NC(=O)N[C@@H](C)C2CCOCC2)cc1F. The second-order valence-electron chi connectivity index (χ2n) is 5.19. The van der Waals surface area contributed by atoms with Gasteiger partial charge in [-0.1, -0.05) is 0 Å². The van der Waals surface area contributed by atoms with Gasteiger partial charge in [0.1, 0.15) is 5.82 Å². The van der Waals surface area contributed by atoms with E-state index in [1.54, 1.807) is 12.1 Å². The van der Waals surface area contributed by atoms with E-state index in [0.717, 1.165) is 26.1 Å². The Morgan fingerprint density at radius 3 is 2.76 bits per heavy atom. The van der Waals surface area contributed by atoms with Crippen LogP contribution in [0, 0.1) is 11.7 Å². The number of rotatable bonds is 4. The number of benzene rings is 1. The van der Waals surface area contributed by atoms with Crippen LogP contribution in [0.15, 0.2) is 23.1 Å². The molecule has 1 fully saturated rings. The van der Waals surface area contributed by atoms with Gasteiger partial charge in [-0.15, -0.1) is 11.8 Å². The fraction of sp³-hybridized carbons (Fsp3) is 0.533. The van der Waals surface area contributed by atoms with Gasteiger partial charge in [-0.05, 0) is 50.1 Å². The van der Waals surface area contributed by atoms with Crippen molar-refractivity contribution in [2.24, 2.45) is 5.92 Å². The molecule has 21 heavy (non-hydrogen) atoms. The Balaban J connectivity index is 1.87. The largest absolute Gasteiger partial charge is 0.381 e. The number of nitrogens with one attached hydrogen (secondary N) is 2. The Bertz CT molecular complexity index is 493. The van der Waals surface area contributed by atoms with Crippen molar-refractivity contribution in [1.82, 2.24) is 5.32 Å². The Kier molecular flexibility index (Phi) is 5.87. The van der Waals surface area contributed by atoms with Crippen LogP contribution in [0.25, 0.3) is 0 Å². The first kappa shape index (κ1) is 16.1. The smallest absolute Gasteiger partial charge is 0.319 e. The molecule has 1 aliphatic heterocycles. The minimum absolute atomic E-state index is 0.0733. The first-order valence-corrected chi connectivity index (χ1v) is 8.31. The first-order valence-electron chi connectivity index (χ1n) is 7.09. The fourth-order valence-corrected chi connectivity index (χ4v) is 2.91. The van der Waals surface area contributed by atoms with Gasteiger partial charge in [0.2, 0.25) is 0 Å². The van der Waals surface area contributed by atoms with Crippen LogP contribution in [0.1, 0.15) is 19.8 Å². The summed E-state index contributed by atoms with van der Waals surface area (Å²) in [6.45, 7) is 3.49. The Hall–Kier alpha value is -1.27. The van der Waals surface area contributed by atoms with Gasteiger partial charge in [0.05, 0.1) is 0 Å². The third-order valence-electron chi connectivity index (χ3n) is 3.74. The highest BCUT2D eigenvalue weighted by molar-refractivity contribution is 7.98. The van der Waals surface area contributed by atoms with E-state index in [-0.39, 0.29) is 17.9 Å². The number of urea groups is 1. The maximum atomic E-state index is 13.6. The molecule has 2 amide bonds. The average Bonchev–Trinajstić information content (AvgIpc) is 2.48. The summed E-state index contributed by atoms with van der Waals surface area (Å²) in [6, 6.07) is 4.48. The third kappa shape index (κ3) is 4.61. The molecular weight excluding hydrogens is 291 g/mol. The van der Waals surface area contributed by atoms with Crippen LogP contribution in [0.2, 0.25) is 0 Å². The summed E-state index contributed by atoms with van der Waals surface area (Å²) in [5, 5.41) is 5.59. The van der Waals surface area contributed by atoms with Crippen molar-refractivity contribution in [3.63, 3.8) is 0 Å². The van der Waals surface area contributed by atoms with E-state index in [1.807, 2.05) is 13.2 Å². The van der Waals surface area contributed by atoms with Crippen LogP contribution in [-0.4, -0.2) is 31.5 Å². The van der Waals surface area contributed by atoms with Crippen LogP contribution >= 0.6 is 11.8 Å². The molecule has 1 atom stereocenters.